The monoisotopic (exact) mass is 341 g/mol. The molecule has 1 saturated carbocycles. The van der Waals surface area contributed by atoms with Crippen LogP contribution in [0.1, 0.15) is 25.8 Å². The Morgan fingerprint density at radius 3 is 2.64 bits per heavy atom. The molecule has 0 spiro atoms. The Bertz CT molecular complexity index is 683. The number of carbonyl (C=O) groups is 2. The van der Waals surface area contributed by atoms with Crippen molar-refractivity contribution in [1.82, 2.24) is 0 Å². The van der Waals surface area contributed by atoms with Gasteiger partial charge < -0.3 is 9.57 Å². The minimum atomic E-state index is -1.04. The molecule has 3 rings (SSSR count). The first-order valence-corrected chi connectivity index (χ1v) is 7.49. The van der Waals surface area contributed by atoms with Gasteiger partial charge in [-0.1, -0.05) is 34.4 Å². The molecule has 0 saturated heterocycles. The standard InChI is InChI=1S/C15H13Cl2NO4/c1-7(19)21-15(2)6-10(20)12-13(18-22-14(12)15)11-8(16)4-3-5-9(11)17/h3-5,12,14H,6H2,1-2H3/t12-,14+,15-/m1/s1. The van der Waals surface area contributed by atoms with Gasteiger partial charge in [0, 0.05) is 12.5 Å². The fraction of sp³-hybridized carbons (Fsp3) is 0.400. The quantitative estimate of drug-likeness (QED) is 0.775. The van der Waals surface area contributed by atoms with Crippen LogP contribution >= 0.6 is 23.2 Å². The number of benzene rings is 1. The Kier molecular flexibility index (Phi) is 3.65. The van der Waals surface area contributed by atoms with E-state index in [0.717, 1.165) is 0 Å². The highest BCUT2D eigenvalue weighted by atomic mass is 35.5. The summed E-state index contributed by atoms with van der Waals surface area (Å²) in [6.07, 6.45) is -0.588. The van der Waals surface area contributed by atoms with E-state index in [1.54, 1.807) is 25.1 Å². The number of ketones is 1. The SMILES string of the molecule is CC(=O)O[C@]1(C)CC(=O)[C@@H]2C(c3c(Cl)cccc3Cl)=NO[C@@H]21. The van der Waals surface area contributed by atoms with Crippen LogP contribution in [0.3, 0.4) is 0 Å². The van der Waals surface area contributed by atoms with Gasteiger partial charge in [-0.2, -0.15) is 0 Å². The van der Waals surface area contributed by atoms with Gasteiger partial charge in [0.1, 0.15) is 17.4 Å². The molecule has 0 aromatic heterocycles. The average Bonchev–Trinajstić information content (AvgIpc) is 2.91. The van der Waals surface area contributed by atoms with E-state index in [1.807, 2.05) is 0 Å². The van der Waals surface area contributed by atoms with Crippen LogP contribution in [-0.4, -0.2) is 29.2 Å². The van der Waals surface area contributed by atoms with Crippen molar-refractivity contribution in [2.45, 2.75) is 32.0 Å². The van der Waals surface area contributed by atoms with E-state index in [2.05, 4.69) is 5.16 Å². The maximum Gasteiger partial charge on any atom is 0.303 e. The van der Waals surface area contributed by atoms with E-state index in [4.69, 9.17) is 32.8 Å². The zero-order valence-electron chi connectivity index (χ0n) is 11.9. The van der Waals surface area contributed by atoms with Gasteiger partial charge in [0.15, 0.2) is 11.7 Å². The Morgan fingerprint density at radius 2 is 2.05 bits per heavy atom. The molecule has 2 aliphatic rings. The number of carbonyl (C=O) groups excluding carboxylic acids is 2. The van der Waals surface area contributed by atoms with E-state index in [-0.39, 0.29) is 12.2 Å². The number of halogens is 2. The fourth-order valence-corrected chi connectivity index (χ4v) is 3.67. The average molecular weight is 342 g/mol. The normalized spacial score (nSPS) is 29.8. The number of nitrogens with zero attached hydrogens (tertiary/aromatic N) is 1. The molecule has 1 aromatic carbocycles. The summed E-state index contributed by atoms with van der Waals surface area (Å²) in [5, 5.41) is 4.79. The van der Waals surface area contributed by atoms with Crippen LogP contribution in [0, 0.1) is 5.92 Å². The number of ether oxygens (including phenoxy) is 1. The fourth-order valence-electron chi connectivity index (χ4n) is 3.08. The Labute approximate surface area is 137 Å². The van der Waals surface area contributed by atoms with Crippen molar-refractivity contribution in [3.8, 4) is 0 Å². The summed E-state index contributed by atoms with van der Waals surface area (Å²) in [6, 6.07) is 5.05. The van der Waals surface area contributed by atoms with Crippen molar-refractivity contribution in [2.75, 3.05) is 0 Å². The summed E-state index contributed by atoms with van der Waals surface area (Å²) in [4.78, 5) is 29.1. The lowest BCUT2D eigenvalue weighted by Crippen LogP contribution is -2.41. The molecule has 1 heterocycles. The Morgan fingerprint density at radius 1 is 1.41 bits per heavy atom. The Balaban J connectivity index is 2.00. The molecule has 0 unspecified atom stereocenters. The first kappa shape index (κ1) is 15.3. The van der Waals surface area contributed by atoms with Gasteiger partial charge in [0.05, 0.1) is 16.5 Å². The van der Waals surface area contributed by atoms with Crippen LogP contribution < -0.4 is 0 Å². The van der Waals surface area contributed by atoms with Crippen molar-refractivity contribution in [2.24, 2.45) is 11.1 Å². The van der Waals surface area contributed by atoms with Crippen LogP contribution in [0.5, 0.6) is 0 Å². The third kappa shape index (κ3) is 2.29. The van der Waals surface area contributed by atoms with Gasteiger partial charge in [-0.3, -0.25) is 9.59 Å². The first-order chi connectivity index (χ1) is 10.3. The second-order valence-corrected chi connectivity index (χ2v) is 6.44. The third-order valence-corrected chi connectivity index (χ3v) is 4.56. The van der Waals surface area contributed by atoms with E-state index in [0.29, 0.717) is 21.3 Å². The predicted molar refractivity (Wildman–Crippen MR) is 81.2 cm³/mol. The smallest absolute Gasteiger partial charge is 0.303 e. The number of esters is 1. The van der Waals surface area contributed by atoms with Gasteiger partial charge >= 0.3 is 5.97 Å². The summed E-state index contributed by atoms with van der Waals surface area (Å²) in [6.45, 7) is 2.97. The number of rotatable bonds is 2. The lowest BCUT2D eigenvalue weighted by atomic mass is 9.91. The number of oxime groups is 1. The van der Waals surface area contributed by atoms with Gasteiger partial charge in [-0.25, -0.2) is 0 Å². The molecule has 1 fully saturated rings. The molecule has 1 aromatic rings. The van der Waals surface area contributed by atoms with Crippen molar-refractivity contribution in [3.05, 3.63) is 33.8 Å². The Hall–Kier alpha value is -1.59. The second kappa shape index (κ2) is 5.25. The van der Waals surface area contributed by atoms with Gasteiger partial charge in [0.25, 0.3) is 0 Å². The molecular weight excluding hydrogens is 329 g/mol. The molecule has 0 bridgehead atoms. The third-order valence-electron chi connectivity index (χ3n) is 3.93. The molecule has 3 atom stereocenters. The molecular formula is C15H13Cl2NO4. The van der Waals surface area contributed by atoms with E-state index < -0.39 is 23.6 Å². The van der Waals surface area contributed by atoms with E-state index in [9.17, 15) is 9.59 Å². The van der Waals surface area contributed by atoms with Crippen molar-refractivity contribution in [1.29, 1.82) is 0 Å². The lowest BCUT2D eigenvalue weighted by Gasteiger charge is -2.27. The second-order valence-electron chi connectivity index (χ2n) is 5.63. The molecule has 1 aliphatic carbocycles. The summed E-state index contributed by atoms with van der Waals surface area (Å²) < 4.78 is 5.30. The minimum Gasteiger partial charge on any atom is -0.455 e. The van der Waals surface area contributed by atoms with Crippen molar-refractivity contribution < 1.29 is 19.2 Å². The summed E-state index contributed by atoms with van der Waals surface area (Å²) in [5.41, 5.74) is -0.160. The molecule has 22 heavy (non-hydrogen) atoms. The summed E-state index contributed by atoms with van der Waals surface area (Å²) in [5.74, 6) is -1.22. The highest BCUT2D eigenvalue weighted by Crippen LogP contribution is 2.44. The van der Waals surface area contributed by atoms with E-state index >= 15 is 0 Å². The van der Waals surface area contributed by atoms with Crippen molar-refractivity contribution in [3.63, 3.8) is 0 Å². The predicted octanol–water partition coefficient (Wildman–Crippen LogP) is 3.01. The zero-order chi connectivity index (χ0) is 16.1. The zero-order valence-corrected chi connectivity index (χ0v) is 13.4. The molecule has 116 valence electrons. The molecule has 0 amide bonds. The number of Topliss-reactive ketones (excluding diaryl/α,β-unsaturated/α-hetero) is 1. The highest BCUT2D eigenvalue weighted by Gasteiger charge is 2.60. The molecule has 1 aliphatic heterocycles. The largest absolute Gasteiger partial charge is 0.455 e. The molecule has 0 radical (unpaired) electrons. The van der Waals surface area contributed by atoms with Crippen LogP contribution in [0.4, 0.5) is 0 Å². The number of hydrogen-bond acceptors (Lipinski definition) is 5. The summed E-state index contributed by atoms with van der Waals surface area (Å²) >= 11 is 12.4. The number of fused-ring (bicyclic) bond motifs is 1. The molecule has 7 heteroatoms. The van der Waals surface area contributed by atoms with Gasteiger partial charge in [-0.15, -0.1) is 0 Å². The van der Waals surface area contributed by atoms with Crippen LogP contribution in [-0.2, 0) is 19.2 Å². The topological polar surface area (TPSA) is 65.0 Å². The number of hydrogen-bond donors (Lipinski definition) is 0. The minimum absolute atomic E-state index is 0.0724. The lowest BCUT2D eigenvalue weighted by molar-refractivity contribution is -0.168. The first-order valence-electron chi connectivity index (χ1n) is 6.74. The maximum absolute atomic E-state index is 12.4. The summed E-state index contributed by atoms with van der Waals surface area (Å²) in [7, 11) is 0. The van der Waals surface area contributed by atoms with Gasteiger partial charge in [0.2, 0.25) is 0 Å². The van der Waals surface area contributed by atoms with Crippen LogP contribution in [0.15, 0.2) is 23.4 Å². The van der Waals surface area contributed by atoms with E-state index in [1.165, 1.54) is 6.92 Å². The molecule has 0 N–H and O–H groups in total. The molecule has 5 nitrogen and oxygen atoms in total. The van der Waals surface area contributed by atoms with Crippen molar-refractivity contribution >= 4 is 40.7 Å². The maximum atomic E-state index is 12.4. The van der Waals surface area contributed by atoms with Crippen LogP contribution in [0.2, 0.25) is 10.0 Å². The van der Waals surface area contributed by atoms with Crippen LogP contribution in [0.25, 0.3) is 0 Å². The highest BCUT2D eigenvalue weighted by molar-refractivity contribution is 6.41. The van der Waals surface area contributed by atoms with Gasteiger partial charge in [-0.05, 0) is 19.1 Å².